The highest BCUT2D eigenvalue weighted by Crippen LogP contribution is 2.20. The highest BCUT2D eigenvalue weighted by atomic mass is 32.2. The van der Waals surface area contributed by atoms with Crippen LogP contribution in [0.5, 0.6) is 0 Å². The van der Waals surface area contributed by atoms with Crippen LogP contribution < -0.4 is 21.7 Å². The summed E-state index contributed by atoms with van der Waals surface area (Å²) in [7, 11) is -0.721. The second-order valence-corrected chi connectivity index (χ2v) is 7.47. The molecule has 2 aromatic heterocycles. The molecule has 11 heteroatoms. The van der Waals surface area contributed by atoms with E-state index < -0.39 is 21.3 Å². The number of hydrogen-bond acceptors (Lipinski definition) is 6. The normalized spacial score (nSPS) is 12.0. The maximum Gasteiger partial charge on any atom is 0.332 e. The molecule has 26 heavy (non-hydrogen) atoms. The maximum absolute atomic E-state index is 12.2. The van der Waals surface area contributed by atoms with Gasteiger partial charge in [-0.2, -0.15) is 0 Å². The first-order chi connectivity index (χ1) is 12.3. The quantitative estimate of drug-likeness (QED) is 0.512. The van der Waals surface area contributed by atoms with Crippen molar-refractivity contribution in [3.63, 3.8) is 0 Å². The molecule has 0 aliphatic carbocycles. The Hall–Kier alpha value is -2.76. The number of sulfonamides is 1. The van der Waals surface area contributed by atoms with Gasteiger partial charge in [-0.1, -0.05) is 0 Å². The predicted molar refractivity (Wildman–Crippen MR) is 96.3 cm³/mol. The van der Waals surface area contributed by atoms with Crippen LogP contribution in [0, 0.1) is 0 Å². The molecule has 0 saturated heterocycles. The SMILES string of the molecule is Cn1c(=O)c2[nH]c(-c3ccc(S(=O)(=O)NCCN)cc3)nc2n(C)c1=O. The van der Waals surface area contributed by atoms with Gasteiger partial charge in [-0.25, -0.2) is 22.9 Å². The zero-order valence-electron chi connectivity index (χ0n) is 14.2. The van der Waals surface area contributed by atoms with Crippen LogP contribution in [0.15, 0.2) is 38.8 Å². The summed E-state index contributed by atoms with van der Waals surface area (Å²) < 4.78 is 28.8. The van der Waals surface area contributed by atoms with Crippen molar-refractivity contribution in [2.24, 2.45) is 19.8 Å². The van der Waals surface area contributed by atoms with E-state index >= 15 is 0 Å². The van der Waals surface area contributed by atoms with Gasteiger partial charge in [0.15, 0.2) is 5.65 Å². The van der Waals surface area contributed by atoms with Gasteiger partial charge in [0.25, 0.3) is 5.56 Å². The third-order valence-electron chi connectivity index (χ3n) is 3.97. The average Bonchev–Trinajstić information content (AvgIpc) is 3.09. The lowest BCUT2D eigenvalue weighted by molar-refractivity contribution is 0.582. The largest absolute Gasteiger partial charge is 0.332 e. The van der Waals surface area contributed by atoms with E-state index in [2.05, 4.69) is 14.7 Å². The fraction of sp³-hybridized carbons (Fsp3) is 0.267. The van der Waals surface area contributed by atoms with Crippen LogP contribution in [0.25, 0.3) is 22.6 Å². The summed E-state index contributed by atoms with van der Waals surface area (Å²) in [5.74, 6) is 0.358. The van der Waals surface area contributed by atoms with Crippen molar-refractivity contribution in [1.82, 2.24) is 23.8 Å². The van der Waals surface area contributed by atoms with Crippen LogP contribution >= 0.6 is 0 Å². The van der Waals surface area contributed by atoms with Crippen molar-refractivity contribution in [3.8, 4) is 11.4 Å². The van der Waals surface area contributed by atoms with Crippen LogP contribution in [0.4, 0.5) is 0 Å². The molecule has 3 aromatic rings. The van der Waals surface area contributed by atoms with Crippen LogP contribution in [-0.4, -0.2) is 40.6 Å². The molecule has 0 fully saturated rings. The molecule has 10 nitrogen and oxygen atoms in total. The van der Waals surface area contributed by atoms with E-state index in [0.717, 1.165) is 4.57 Å². The Bertz CT molecular complexity index is 1190. The molecule has 3 rings (SSSR count). The smallest absolute Gasteiger partial charge is 0.332 e. The number of aryl methyl sites for hydroxylation is 1. The molecular formula is C15H18N6O4S. The lowest BCUT2D eigenvalue weighted by Crippen LogP contribution is -2.36. The highest BCUT2D eigenvalue weighted by molar-refractivity contribution is 7.89. The fourth-order valence-corrected chi connectivity index (χ4v) is 3.58. The monoisotopic (exact) mass is 378 g/mol. The summed E-state index contributed by atoms with van der Waals surface area (Å²) in [4.78, 5) is 31.5. The van der Waals surface area contributed by atoms with Crippen molar-refractivity contribution in [2.45, 2.75) is 4.90 Å². The third-order valence-corrected chi connectivity index (χ3v) is 5.45. The van der Waals surface area contributed by atoms with Gasteiger partial charge in [-0.15, -0.1) is 0 Å². The zero-order chi connectivity index (χ0) is 19.1. The summed E-state index contributed by atoms with van der Waals surface area (Å²) in [5, 5.41) is 0. The second-order valence-electron chi connectivity index (χ2n) is 5.70. The molecule has 0 aliphatic heterocycles. The number of imidazole rings is 1. The molecule has 0 saturated carbocycles. The predicted octanol–water partition coefficient (Wildman–Crippen LogP) is -1.14. The Morgan fingerprint density at radius 2 is 1.81 bits per heavy atom. The van der Waals surface area contributed by atoms with E-state index in [9.17, 15) is 18.0 Å². The first-order valence-corrected chi connectivity index (χ1v) is 9.20. The first kappa shape index (κ1) is 18.0. The second kappa shape index (κ2) is 6.52. The number of aromatic amines is 1. The number of aromatic nitrogens is 4. The van der Waals surface area contributed by atoms with Crippen molar-refractivity contribution in [2.75, 3.05) is 13.1 Å². The van der Waals surface area contributed by atoms with E-state index in [4.69, 9.17) is 5.73 Å². The van der Waals surface area contributed by atoms with Gasteiger partial charge in [0.05, 0.1) is 4.90 Å². The Morgan fingerprint density at radius 1 is 1.15 bits per heavy atom. The van der Waals surface area contributed by atoms with E-state index in [1.807, 2.05) is 0 Å². The summed E-state index contributed by atoms with van der Waals surface area (Å²) in [6, 6.07) is 5.99. The van der Waals surface area contributed by atoms with Crippen LogP contribution in [0.2, 0.25) is 0 Å². The molecule has 4 N–H and O–H groups in total. The summed E-state index contributed by atoms with van der Waals surface area (Å²) in [5.41, 5.74) is 5.36. The Morgan fingerprint density at radius 3 is 2.42 bits per heavy atom. The van der Waals surface area contributed by atoms with E-state index in [0.29, 0.717) is 11.4 Å². The van der Waals surface area contributed by atoms with Crippen molar-refractivity contribution in [3.05, 3.63) is 45.1 Å². The van der Waals surface area contributed by atoms with E-state index in [-0.39, 0.29) is 29.1 Å². The van der Waals surface area contributed by atoms with Crippen molar-refractivity contribution >= 4 is 21.2 Å². The number of benzene rings is 1. The minimum absolute atomic E-state index is 0.0918. The highest BCUT2D eigenvalue weighted by Gasteiger charge is 2.16. The minimum Gasteiger partial charge on any atom is -0.332 e. The zero-order valence-corrected chi connectivity index (χ0v) is 15.0. The number of nitrogens with one attached hydrogen (secondary N) is 2. The lowest BCUT2D eigenvalue weighted by Gasteiger charge is -2.05. The molecule has 0 atom stereocenters. The van der Waals surface area contributed by atoms with Gasteiger partial charge >= 0.3 is 5.69 Å². The number of fused-ring (bicyclic) bond motifs is 1. The van der Waals surface area contributed by atoms with Crippen molar-refractivity contribution < 1.29 is 8.42 Å². The number of nitrogens with two attached hydrogens (primary N) is 1. The molecule has 0 radical (unpaired) electrons. The number of hydrogen-bond donors (Lipinski definition) is 3. The summed E-state index contributed by atoms with van der Waals surface area (Å²) >= 11 is 0. The third kappa shape index (κ3) is 2.96. The Labute approximate surface area is 148 Å². The van der Waals surface area contributed by atoms with Gasteiger partial charge in [-0.3, -0.25) is 13.9 Å². The molecule has 1 aromatic carbocycles. The maximum atomic E-state index is 12.2. The molecular weight excluding hydrogens is 360 g/mol. The standard InChI is InChI=1S/C15H18N6O4S/c1-20-13-11(14(22)21(2)15(20)23)18-12(19-13)9-3-5-10(6-4-9)26(24,25)17-8-7-16/h3-6,17H,7-8,16H2,1-2H3,(H,18,19). The van der Waals surface area contributed by atoms with Gasteiger partial charge < -0.3 is 10.7 Å². The number of nitrogens with zero attached hydrogens (tertiary/aromatic N) is 3. The first-order valence-electron chi connectivity index (χ1n) is 7.72. The Balaban J connectivity index is 2.06. The van der Waals surface area contributed by atoms with E-state index in [1.165, 1.54) is 30.8 Å². The Kier molecular flexibility index (Phi) is 4.52. The topological polar surface area (TPSA) is 145 Å². The number of H-pyrrole nitrogens is 1. The van der Waals surface area contributed by atoms with Crippen LogP contribution in [0.1, 0.15) is 0 Å². The molecule has 0 aliphatic rings. The van der Waals surface area contributed by atoms with Gasteiger partial charge in [0, 0.05) is 32.7 Å². The van der Waals surface area contributed by atoms with E-state index in [1.54, 1.807) is 12.1 Å². The van der Waals surface area contributed by atoms with Gasteiger partial charge in [0.2, 0.25) is 10.0 Å². The molecule has 0 bridgehead atoms. The molecule has 138 valence electrons. The minimum atomic E-state index is -3.63. The lowest BCUT2D eigenvalue weighted by atomic mass is 10.2. The van der Waals surface area contributed by atoms with Gasteiger partial charge in [0.1, 0.15) is 11.3 Å². The summed E-state index contributed by atoms with van der Waals surface area (Å²) in [6.07, 6.45) is 0. The molecule has 2 heterocycles. The molecule has 0 spiro atoms. The average molecular weight is 378 g/mol. The summed E-state index contributed by atoms with van der Waals surface area (Å²) in [6.45, 7) is 0.342. The van der Waals surface area contributed by atoms with Crippen LogP contribution in [0.3, 0.4) is 0 Å². The fourth-order valence-electron chi connectivity index (χ4n) is 2.53. The molecule has 0 amide bonds. The van der Waals surface area contributed by atoms with Crippen LogP contribution in [-0.2, 0) is 24.1 Å². The molecule has 0 unspecified atom stereocenters. The number of rotatable bonds is 5. The van der Waals surface area contributed by atoms with Gasteiger partial charge in [-0.05, 0) is 24.3 Å². The van der Waals surface area contributed by atoms with Crippen molar-refractivity contribution in [1.29, 1.82) is 0 Å².